The summed E-state index contributed by atoms with van der Waals surface area (Å²) >= 11 is 7.31. The number of hydrogen-bond acceptors (Lipinski definition) is 2. The lowest BCUT2D eigenvalue weighted by atomic mass is 11.9. The van der Waals surface area contributed by atoms with Crippen molar-refractivity contribution in [3.8, 4) is 0 Å². The fourth-order valence-electron chi connectivity index (χ4n) is 0. The topological polar surface area (TPSA) is 0 Å². The summed E-state index contributed by atoms with van der Waals surface area (Å²) in [5.74, 6) is 0. The third-order valence-electron chi connectivity index (χ3n) is 0. The van der Waals surface area contributed by atoms with Crippen molar-refractivity contribution in [2.75, 3.05) is 5.08 Å². The molecule has 0 fully saturated rings. The van der Waals surface area contributed by atoms with Gasteiger partial charge in [0.15, 0.2) is 0 Å². The minimum Gasteiger partial charge on any atom is -0.169 e. The lowest BCUT2D eigenvalue weighted by Crippen LogP contribution is -1.25. The summed E-state index contributed by atoms with van der Waals surface area (Å²) in [6.07, 6.45) is 0. The van der Waals surface area contributed by atoms with Crippen molar-refractivity contribution in [2.45, 2.75) is 7.43 Å². The standard InChI is InChI=1S/CH4S2.CH4/c2-1-3;/h2-3H,1H2;1H4. The summed E-state index contributed by atoms with van der Waals surface area (Å²) in [7, 11) is 0. The maximum absolute atomic E-state index is 3.65. The Bertz CT molecular complexity index is 4.00. The van der Waals surface area contributed by atoms with Crippen LogP contribution in [0.25, 0.3) is 0 Å². The van der Waals surface area contributed by atoms with Crippen molar-refractivity contribution in [3.05, 3.63) is 0 Å². The van der Waals surface area contributed by atoms with Gasteiger partial charge in [-0.25, -0.2) is 0 Å². The highest BCUT2D eigenvalue weighted by molar-refractivity contribution is 7.97. The zero-order valence-electron chi connectivity index (χ0n) is 1.60. The Labute approximate surface area is 38.4 Å². The van der Waals surface area contributed by atoms with Gasteiger partial charge in [0.25, 0.3) is 0 Å². The molecule has 0 saturated carbocycles. The lowest BCUT2D eigenvalue weighted by Gasteiger charge is -1.49. The quantitative estimate of drug-likeness (QED) is 0.331. The van der Waals surface area contributed by atoms with Crippen LogP contribution in [0.3, 0.4) is 0 Å². The van der Waals surface area contributed by atoms with Crippen LogP contribution in [0, 0.1) is 0 Å². The van der Waals surface area contributed by atoms with E-state index >= 15 is 0 Å². The zero-order chi connectivity index (χ0) is 2.71. The highest BCUT2D eigenvalue weighted by Gasteiger charge is 1.35. The van der Waals surface area contributed by atoms with Crippen molar-refractivity contribution < 1.29 is 0 Å². The zero-order valence-corrected chi connectivity index (χ0v) is 3.39. The monoisotopic (exact) mass is 96.0 g/mol. The van der Waals surface area contributed by atoms with E-state index in [1.165, 1.54) is 0 Å². The summed E-state index contributed by atoms with van der Waals surface area (Å²) in [5, 5.41) is 0.639. The van der Waals surface area contributed by atoms with Gasteiger partial charge >= 0.3 is 0 Å². The molecule has 0 aromatic rings. The number of hydrogen-bond donors (Lipinski definition) is 2. The average molecular weight is 96.2 g/mol. The molecule has 0 saturated heterocycles. The van der Waals surface area contributed by atoms with Gasteiger partial charge in [-0.2, -0.15) is 25.3 Å². The summed E-state index contributed by atoms with van der Waals surface area (Å²) in [4.78, 5) is 0. The molecule has 4 heavy (non-hydrogen) atoms. The summed E-state index contributed by atoms with van der Waals surface area (Å²) in [6, 6.07) is 0. The summed E-state index contributed by atoms with van der Waals surface area (Å²) in [5.41, 5.74) is 0. The molecule has 0 aromatic carbocycles. The number of thiol groups is 2. The van der Waals surface area contributed by atoms with Gasteiger partial charge in [0.05, 0.1) is 0 Å². The van der Waals surface area contributed by atoms with Gasteiger partial charge in [-0.15, -0.1) is 0 Å². The molecule has 0 nitrogen and oxygen atoms in total. The Morgan fingerprint density at radius 1 is 1.25 bits per heavy atom. The van der Waals surface area contributed by atoms with Crippen LogP contribution in [-0.4, -0.2) is 5.08 Å². The fourth-order valence-corrected chi connectivity index (χ4v) is 0. The smallest absolute Gasteiger partial charge is 0.0331 e. The van der Waals surface area contributed by atoms with E-state index in [0.29, 0.717) is 5.08 Å². The second-order valence-corrected chi connectivity index (χ2v) is 1.27. The molecule has 0 aromatic heterocycles. The van der Waals surface area contributed by atoms with Crippen LogP contribution >= 0.6 is 25.3 Å². The van der Waals surface area contributed by atoms with E-state index in [0.717, 1.165) is 0 Å². The van der Waals surface area contributed by atoms with E-state index in [9.17, 15) is 0 Å². The normalized spacial score (nSPS) is 4.50. The van der Waals surface area contributed by atoms with Crippen LogP contribution in [0.2, 0.25) is 0 Å². The second kappa shape index (κ2) is 9.33. The Hall–Kier alpha value is 0.700. The highest BCUT2D eigenvalue weighted by Crippen LogP contribution is 1.70. The molecule has 0 aliphatic carbocycles. The van der Waals surface area contributed by atoms with E-state index in [-0.39, 0.29) is 7.43 Å². The van der Waals surface area contributed by atoms with E-state index in [1.807, 2.05) is 0 Å². The van der Waals surface area contributed by atoms with Crippen molar-refractivity contribution >= 4 is 25.3 Å². The molecule has 28 valence electrons. The van der Waals surface area contributed by atoms with Crippen LogP contribution < -0.4 is 0 Å². The molecule has 0 atom stereocenters. The van der Waals surface area contributed by atoms with Gasteiger partial charge in [-0.05, 0) is 0 Å². The predicted octanol–water partition coefficient (Wildman–Crippen LogP) is 1.44. The fraction of sp³-hybridized carbons (Fsp3) is 1.00. The SMILES string of the molecule is C.SCS. The molecule has 0 bridgehead atoms. The minimum absolute atomic E-state index is 0. The molecule has 0 unspecified atom stereocenters. The highest BCUT2D eigenvalue weighted by atomic mass is 32.2. The summed E-state index contributed by atoms with van der Waals surface area (Å²) in [6.45, 7) is 0. The van der Waals surface area contributed by atoms with Crippen LogP contribution in [0.15, 0.2) is 0 Å². The Morgan fingerprint density at radius 2 is 1.25 bits per heavy atom. The van der Waals surface area contributed by atoms with Gasteiger partial charge < -0.3 is 0 Å². The molecule has 0 spiro atoms. The van der Waals surface area contributed by atoms with Crippen LogP contribution in [0.5, 0.6) is 0 Å². The van der Waals surface area contributed by atoms with Gasteiger partial charge in [0, 0.05) is 5.08 Å². The average Bonchev–Trinajstić information content (AvgIpc) is 0.918. The first-order valence-corrected chi connectivity index (χ1v) is 1.90. The van der Waals surface area contributed by atoms with Crippen molar-refractivity contribution in [1.82, 2.24) is 0 Å². The molecule has 0 aliphatic heterocycles. The van der Waals surface area contributed by atoms with Gasteiger partial charge in [0.1, 0.15) is 0 Å². The van der Waals surface area contributed by atoms with Crippen LogP contribution in [0.1, 0.15) is 7.43 Å². The Kier molecular flexibility index (Phi) is 20.6. The van der Waals surface area contributed by atoms with Gasteiger partial charge in [-0.1, -0.05) is 7.43 Å². The third-order valence-corrected chi connectivity index (χ3v) is 0. The molecule has 0 radical (unpaired) electrons. The van der Waals surface area contributed by atoms with E-state index in [1.54, 1.807) is 0 Å². The van der Waals surface area contributed by atoms with Crippen LogP contribution in [0.4, 0.5) is 0 Å². The molecule has 2 heteroatoms. The molecule has 0 amide bonds. The molecule has 0 rings (SSSR count). The predicted molar refractivity (Wildman–Crippen MR) is 29.6 cm³/mol. The van der Waals surface area contributed by atoms with Gasteiger partial charge in [-0.3, -0.25) is 0 Å². The first-order chi connectivity index (χ1) is 1.41. The molecule has 0 heterocycles. The first kappa shape index (κ1) is 8.83. The van der Waals surface area contributed by atoms with E-state index < -0.39 is 0 Å². The Balaban J connectivity index is 0. The second-order valence-electron chi connectivity index (χ2n) is 0.141. The molecular weight excluding hydrogens is 88.2 g/mol. The van der Waals surface area contributed by atoms with Crippen LogP contribution in [-0.2, 0) is 0 Å². The minimum atomic E-state index is 0. The van der Waals surface area contributed by atoms with Crippen molar-refractivity contribution in [1.29, 1.82) is 0 Å². The molecule has 0 N–H and O–H groups in total. The first-order valence-electron chi connectivity index (χ1n) is 0.632. The van der Waals surface area contributed by atoms with Crippen molar-refractivity contribution in [2.24, 2.45) is 0 Å². The maximum atomic E-state index is 3.65. The molecule has 0 aliphatic rings. The maximum Gasteiger partial charge on any atom is 0.0331 e. The molecular formula is C2H8S2. The number of rotatable bonds is 0. The third kappa shape index (κ3) is 15.9. The Morgan fingerprint density at radius 3 is 1.25 bits per heavy atom. The van der Waals surface area contributed by atoms with Gasteiger partial charge in [0.2, 0.25) is 0 Å². The lowest BCUT2D eigenvalue weighted by molar-refractivity contribution is 2.37. The summed E-state index contributed by atoms with van der Waals surface area (Å²) < 4.78 is 0. The van der Waals surface area contributed by atoms with Crippen molar-refractivity contribution in [3.63, 3.8) is 0 Å². The van der Waals surface area contributed by atoms with E-state index in [4.69, 9.17) is 0 Å². The van der Waals surface area contributed by atoms with E-state index in [2.05, 4.69) is 25.3 Å². The largest absolute Gasteiger partial charge is 0.169 e.